The number of halogens is 1. The van der Waals surface area contributed by atoms with Gasteiger partial charge in [-0.1, -0.05) is 23.9 Å². The number of thioether (sulfide) groups is 1. The van der Waals surface area contributed by atoms with E-state index in [0.717, 1.165) is 24.2 Å². The number of aromatic nitrogens is 3. The number of hydrogen-bond acceptors (Lipinski definition) is 5. The standard InChI is InChI=1S/C18H22FN5O2S/c1-11(12-4-6-14(19)7-5-12)21-16(26)10-27-18-23-22-17(13-2-3-13)24(18)9-8-15(20)25/h4-7,11,13H,2-3,8-10H2,1H3,(H2,20,25)(H,21,26). The van der Waals surface area contributed by atoms with Crippen LogP contribution in [0.4, 0.5) is 4.39 Å². The van der Waals surface area contributed by atoms with E-state index in [2.05, 4.69) is 15.5 Å². The number of carbonyl (C=O) groups is 2. The minimum absolute atomic E-state index is 0.158. The number of nitrogens with one attached hydrogen (secondary N) is 1. The molecule has 1 heterocycles. The van der Waals surface area contributed by atoms with Crippen LogP contribution in [0.1, 0.15) is 49.5 Å². The van der Waals surface area contributed by atoms with Crippen molar-refractivity contribution in [2.75, 3.05) is 5.75 Å². The molecule has 3 N–H and O–H groups in total. The first-order valence-electron chi connectivity index (χ1n) is 8.83. The Labute approximate surface area is 160 Å². The molecule has 1 aromatic carbocycles. The molecule has 0 spiro atoms. The molecule has 27 heavy (non-hydrogen) atoms. The lowest BCUT2D eigenvalue weighted by Crippen LogP contribution is -2.28. The minimum Gasteiger partial charge on any atom is -0.370 e. The second-order valence-corrected chi connectivity index (χ2v) is 7.55. The monoisotopic (exact) mass is 391 g/mol. The molecule has 3 rings (SSSR count). The van der Waals surface area contributed by atoms with Crippen LogP contribution in [0.15, 0.2) is 29.4 Å². The summed E-state index contributed by atoms with van der Waals surface area (Å²) in [5, 5.41) is 11.9. The molecule has 1 saturated carbocycles. The molecule has 1 unspecified atom stereocenters. The van der Waals surface area contributed by atoms with Crippen molar-refractivity contribution in [3.63, 3.8) is 0 Å². The first kappa shape index (κ1) is 19.3. The van der Waals surface area contributed by atoms with E-state index in [1.54, 1.807) is 12.1 Å². The number of hydrogen-bond donors (Lipinski definition) is 2. The number of rotatable bonds is 9. The third-order valence-electron chi connectivity index (χ3n) is 4.35. The van der Waals surface area contributed by atoms with Crippen molar-refractivity contribution in [3.8, 4) is 0 Å². The highest BCUT2D eigenvalue weighted by atomic mass is 32.2. The van der Waals surface area contributed by atoms with Crippen LogP contribution >= 0.6 is 11.8 Å². The predicted molar refractivity (Wildman–Crippen MR) is 99.5 cm³/mol. The molecular formula is C18H22FN5O2S. The lowest BCUT2D eigenvalue weighted by molar-refractivity contribution is -0.119. The molecule has 0 saturated heterocycles. The van der Waals surface area contributed by atoms with Crippen LogP contribution in [0.5, 0.6) is 0 Å². The highest BCUT2D eigenvalue weighted by Gasteiger charge is 2.30. The minimum atomic E-state index is -0.382. The van der Waals surface area contributed by atoms with E-state index in [9.17, 15) is 14.0 Å². The summed E-state index contributed by atoms with van der Waals surface area (Å²) in [4.78, 5) is 23.4. The van der Waals surface area contributed by atoms with E-state index in [-0.39, 0.29) is 35.8 Å². The largest absolute Gasteiger partial charge is 0.370 e. The van der Waals surface area contributed by atoms with E-state index < -0.39 is 0 Å². The fourth-order valence-electron chi connectivity index (χ4n) is 2.73. The van der Waals surface area contributed by atoms with Gasteiger partial charge in [0, 0.05) is 18.9 Å². The molecular weight excluding hydrogens is 369 g/mol. The van der Waals surface area contributed by atoms with Gasteiger partial charge >= 0.3 is 0 Å². The Hall–Kier alpha value is -2.42. The molecule has 1 aromatic heterocycles. The zero-order chi connectivity index (χ0) is 19.4. The maximum atomic E-state index is 13.0. The van der Waals surface area contributed by atoms with E-state index in [1.165, 1.54) is 23.9 Å². The molecule has 0 aliphatic heterocycles. The Morgan fingerprint density at radius 2 is 2.04 bits per heavy atom. The first-order valence-corrected chi connectivity index (χ1v) is 9.81. The highest BCUT2D eigenvalue weighted by Crippen LogP contribution is 2.40. The van der Waals surface area contributed by atoms with Gasteiger partial charge in [-0.3, -0.25) is 9.59 Å². The topological polar surface area (TPSA) is 103 Å². The van der Waals surface area contributed by atoms with Crippen LogP contribution in [0, 0.1) is 5.82 Å². The molecule has 144 valence electrons. The molecule has 0 radical (unpaired) electrons. The van der Waals surface area contributed by atoms with Crippen molar-refractivity contribution in [3.05, 3.63) is 41.5 Å². The average Bonchev–Trinajstić information content (AvgIpc) is 3.39. The summed E-state index contributed by atoms with van der Waals surface area (Å²) in [5.74, 6) is 0.562. The van der Waals surface area contributed by atoms with Crippen molar-refractivity contribution >= 4 is 23.6 Å². The quantitative estimate of drug-likeness (QED) is 0.638. The fraction of sp³-hybridized carbons (Fsp3) is 0.444. The molecule has 1 fully saturated rings. The Balaban J connectivity index is 1.58. The molecule has 1 aliphatic rings. The summed E-state index contributed by atoms with van der Waals surface area (Å²) in [7, 11) is 0. The van der Waals surface area contributed by atoms with E-state index in [4.69, 9.17) is 5.73 Å². The SMILES string of the molecule is CC(NC(=O)CSc1nnc(C2CC2)n1CCC(N)=O)c1ccc(F)cc1. The maximum Gasteiger partial charge on any atom is 0.230 e. The zero-order valence-corrected chi connectivity index (χ0v) is 15.8. The molecule has 9 heteroatoms. The lowest BCUT2D eigenvalue weighted by atomic mass is 10.1. The van der Waals surface area contributed by atoms with Gasteiger partial charge < -0.3 is 15.6 Å². The lowest BCUT2D eigenvalue weighted by Gasteiger charge is -2.14. The van der Waals surface area contributed by atoms with Gasteiger partial charge in [0.15, 0.2) is 5.16 Å². The number of amides is 2. The van der Waals surface area contributed by atoms with Crippen molar-refractivity contribution in [1.82, 2.24) is 20.1 Å². The Morgan fingerprint density at radius 1 is 1.33 bits per heavy atom. The summed E-state index contributed by atoms with van der Waals surface area (Å²) in [6.45, 7) is 2.26. The molecule has 1 atom stereocenters. The second-order valence-electron chi connectivity index (χ2n) is 6.61. The van der Waals surface area contributed by atoms with Crippen molar-refractivity contribution in [1.29, 1.82) is 0 Å². The average molecular weight is 391 g/mol. The Kier molecular flexibility index (Phi) is 6.10. The number of benzene rings is 1. The van der Waals surface area contributed by atoms with Crippen LogP contribution in [-0.2, 0) is 16.1 Å². The van der Waals surface area contributed by atoms with Gasteiger partial charge in [-0.05, 0) is 37.5 Å². The third kappa shape index (κ3) is 5.29. The summed E-state index contributed by atoms with van der Waals surface area (Å²) in [6.07, 6.45) is 2.34. The highest BCUT2D eigenvalue weighted by molar-refractivity contribution is 7.99. The third-order valence-corrected chi connectivity index (χ3v) is 5.32. The van der Waals surface area contributed by atoms with Gasteiger partial charge in [0.2, 0.25) is 11.8 Å². The normalized spacial score (nSPS) is 14.7. The second kappa shape index (κ2) is 8.51. The van der Waals surface area contributed by atoms with E-state index in [0.29, 0.717) is 17.6 Å². The molecule has 2 amide bonds. The van der Waals surface area contributed by atoms with Crippen LogP contribution in [0.25, 0.3) is 0 Å². The summed E-state index contributed by atoms with van der Waals surface area (Å²) >= 11 is 1.28. The molecule has 1 aliphatic carbocycles. The van der Waals surface area contributed by atoms with Gasteiger partial charge in [-0.25, -0.2) is 4.39 Å². The Bertz CT molecular complexity index is 820. The number of nitrogens with two attached hydrogens (primary N) is 1. The maximum absolute atomic E-state index is 13.0. The van der Waals surface area contributed by atoms with E-state index >= 15 is 0 Å². The van der Waals surface area contributed by atoms with Crippen LogP contribution < -0.4 is 11.1 Å². The summed E-state index contributed by atoms with van der Waals surface area (Å²) in [5.41, 5.74) is 6.08. The van der Waals surface area contributed by atoms with Gasteiger partial charge in [0.25, 0.3) is 0 Å². The van der Waals surface area contributed by atoms with Gasteiger partial charge in [0.05, 0.1) is 11.8 Å². The van der Waals surface area contributed by atoms with Crippen LogP contribution in [-0.4, -0.2) is 32.3 Å². The van der Waals surface area contributed by atoms with Gasteiger partial charge in [-0.15, -0.1) is 10.2 Å². The van der Waals surface area contributed by atoms with Crippen molar-refractivity contribution < 1.29 is 14.0 Å². The van der Waals surface area contributed by atoms with Gasteiger partial charge in [0.1, 0.15) is 11.6 Å². The summed E-state index contributed by atoms with van der Waals surface area (Å²) < 4.78 is 14.9. The van der Waals surface area contributed by atoms with Gasteiger partial charge in [-0.2, -0.15) is 0 Å². The van der Waals surface area contributed by atoms with Crippen LogP contribution in [0.2, 0.25) is 0 Å². The number of primary amides is 1. The smallest absolute Gasteiger partial charge is 0.230 e. The number of nitrogens with zero attached hydrogens (tertiary/aromatic N) is 3. The predicted octanol–water partition coefficient (Wildman–Crippen LogP) is 2.14. The Morgan fingerprint density at radius 3 is 2.67 bits per heavy atom. The van der Waals surface area contributed by atoms with Crippen molar-refractivity contribution in [2.24, 2.45) is 5.73 Å². The fourth-order valence-corrected chi connectivity index (χ4v) is 3.51. The van der Waals surface area contributed by atoms with Crippen LogP contribution in [0.3, 0.4) is 0 Å². The van der Waals surface area contributed by atoms with Crippen molar-refractivity contribution in [2.45, 2.75) is 49.8 Å². The first-order chi connectivity index (χ1) is 12.9. The molecule has 7 nitrogen and oxygen atoms in total. The summed E-state index contributed by atoms with van der Waals surface area (Å²) in [6, 6.07) is 5.81. The molecule has 0 bridgehead atoms. The number of carbonyl (C=O) groups excluding carboxylic acids is 2. The molecule has 2 aromatic rings. The zero-order valence-electron chi connectivity index (χ0n) is 15.0. The van der Waals surface area contributed by atoms with E-state index in [1.807, 2.05) is 11.5 Å².